The van der Waals surface area contributed by atoms with Gasteiger partial charge in [-0.15, -0.1) is 22.7 Å². The van der Waals surface area contributed by atoms with E-state index in [1.165, 1.54) is 0 Å². The molecule has 0 saturated carbocycles. The zero-order valence-electron chi connectivity index (χ0n) is 14.1. The summed E-state index contributed by atoms with van der Waals surface area (Å²) in [5.41, 5.74) is 0.831. The van der Waals surface area contributed by atoms with E-state index in [4.69, 9.17) is 0 Å². The van der Waals surface area contributed by atoms with Gasteiger partial charge in [0.05, 0.1) is 19.3 Å². The fraction of sp³-hybridized carbons (Fsp3) is 0.167. The second-order valence-electron chi connectivity index (χ2n) is 5.77. The first-order valence-electron chi connectivity index (χ1n) is 7.82. The summed E-state index contributed by atoms with van der Waals surface area (Å²) in [5, 5.41) is 3.97. The highest BCUT2D eigenvalue weighted by molar-refractivity contribution is 7.92. The lowest BCUT2D eigenvalue weighted by molar-refractivity contribution is 0.0733. The van der Waals surface area contributed by atoms with Crippen LogP contribution in [0.3, 0.4) is 0 Å². The summed E-state index contributed by atoms with van der Waals surface area (Å²) in [6, 6.07) is 14.5. The number of amides is 1. The highest BCUT2D eigenvalue weighted by Crippen LogP contribution is 2.21. The third-order valence-corrected chi connectivity index (χ3v) is 5.88. The van der Waals surface area contributed by atoms with Crippen molar-refractivity contribution in [3.63, 3.8) is 0 Å². The fourth-order valence-electron chi connectivity index (χ4n) is 2.49. The van der Waals surface area contributed by atoms with Crippen molar-refractivity contribution in [1.82, 2.24) is 4.90 Å². The number of hydrogen-bond acceptors (Lipinski definition) is 5. The summed E-state index contributed by atoms with van der Waals surface area (Å²) in [4.78, 5) is 17.0. The molecule has 8 heteroatoms. The smallest absolute Gasteiger partial charge is 0.254 e. The van der Waals surface area contributed by atoms with Crippen molar-refractivity contribution >= 4 is 44.3 Å². The lowest BCUT2D eigenvalue weighted by atomic mass is 10.1. The molecule has 1 amide bonds. The van der Waals surface area contributed by atoms with Gasteiger partial charge in [0.15, 0.2) is 0 Å². The van der Waals surface area contributed by atoms with Gasteiger partial charge in [0, 0.05) is 21.0 Å². The molecule has 0 bridgehead atoms. The summed E-state index contributed by atoms with van der Waals surface area (Å²) >= 11 is 3.21. The van der Waals surface area contributed by atoms with Gasteiger partial charge in [-0.25, -0.2) is 8.42 Å². The van der Waals surface area contributed by atoms with Crippen LogP contribution in [0, 0.1) is 0 Å². The Labute approximate surface area is 161 Å². The number of anilines is 1. The molecule has 2 heterocycles. The van der Waals surface area contributed by atoms with E-state index in [1.54, 1.807) is 51.8 Å². The molecule has 3 aromatic rings. The molecule has 3 rings (SSSR count). The standard InChI is InChI=1S/C18H18N2O3S3/c1-26(22,23)19-15-6-2-5-14(11-15)18(21)20(12-16-7-3-9-24-16)13-17-8-4-10-25-17/h2-11,19H,12-13H2,1H3. The molecule has 0 radical (unpaired) electrons. The molecule has 0 atom stereocenters. The molecule has 0 spiro atoms. The quantitative estimate of drug-likeness (QED) is 0.644. The molecule has 26 heavy (non-hydrogen) atoms. The molecule has 136 valence electrons. The molecule has 0 aliphatic carbocycles. The molecular weight excluding hydrogens is 388 g/mol. The summed E-state index contributed by atoms with van der Waals surface area (Å²) in [6.07, 6.45) is 1.08. The fourth-order valence-corrected chi connectivity index (χ4v) is 4.49. The van der Waals surface area contributed by atoms with Gasteiger partial charge >= 0.3 is 0 Å². The number of carbonyl (C=O) groups is 1. The molecule has 0 fully saturated rings. The number of hydrogen-bond donors (Lipinski definition) is 1. The van der Waals surface area contributed by atoms with Gasteiger partial charge in [0.25, 0.3) is 5.91 Å². The molecule has 0 aliphatic rings. The normalized spacial score (nSPS) is 11.3. The Bertz CT molecular complexity index is 929. The molecule has 2 aromatic heterocycles. The van der Waals surface area contributed by atoms with E-state index >= 15 is 0 Å². The Kier molecular flexibility index (Phi) is 5.75. The van der Waals surface area contributed by atoms with Crippen LogP contribution in [0.4, 0.5) is 5.69 Å². The number of rotatable bonds is 7. The van der Waals surface area contributed by atoms with Crippen LogP contribution in [0.15, 0.2) is 59.3 Å². The first kappa shape index (κ1) is 18.6. The number of carbonyl (C=O) groups excluding carboxylic acids is 1. The van der Waals surface area contributed by atoms with Crippen LogP contribution < -0.4 is 4.72 Å². The van der Waals surface area contributed by atoms with Gasteiger partial charge in [-0.05, 0) is 41.1 Å². The van der Waals surface area contributed by atoms with Gasteiger partial charge in [-0.3, -0.25) is 9.52 Å². The number of sulfonamides is 1. The molecule has 0 unspecified atom stereocenters. The van der Waals surface area contributed by atoms with Crippen LogP contribution in [-0.4, -0.2) is 25.5 Å². The molecular formula is C18H18N2O3S3. The van der Waals surface area contributed by atoms with E-state index in [9.17, 15) is 13.2 Å². The predicted molar refractivity (Wildman–Crippen MR) is 107 cm³/mol. The highest BCUT2D eigenvalue weighted by Gasteiger charge is 2.18. The summed E-state index contributed by atoms with van der Waals surface area (Å²) in [5.74, 6) is -0.135. The van der Waals surface area contributed by atoms with Crippen molar-refractivity contribution < 1.29 is 13.2 Å². The lowest BCUT2D eigenvalue weighted by Crippen LogP contribution is -2.29. The SMILES string of the molecule is CS(=O)(=O)Nc1cccc(C(=O)N(Cc2cccs2)Cc2cccs2)c1. The van der Waals surface area contributed by atoms with Crippen molar-refractivity contribution in [2.24, 2.45) is 0 Å². The average molecular weight is 407 g/mol. The summed E-state index contributed by atoms with van der Waals surface area (Å²) < 4.78 is 25.3. The third kappa shape index (κ3) is 5.17. The Hall–Kier alpha value is -2.16. The maximum atomic E-state index is 13.1. The van der Waals surface area contributed by atoms with Crippen molar-refractivity contribution in [2.45, 2.75) is 13.1 Å². The molecule has 1 aromatic carbocycles. The monoisotopic (exact) mass is 406 g/mol. The predicted octanol–water partition coefficient (Wildman–Crippen LogP) is 4.02. The van der Waals surface area contributed by atoms with Gasteiger partial charge in [-0.1, -0.05) is 18.2 Å². The van der Waals surface area contributed by atoms with Crippen molar-refractivity contribution in [3.05, 3.63) is 74.6 Å². The second kappa shape index (κ2) is 8.03. The van der Waals surface area contributed by atoms with Gasteiger partial charge in [0.2, 0.25) is 10.0 Å². The van der Waals surface area contributed by atoms with E-state index in [0.717, 1.165) is 16.0 Å². The topological polar surface area (TPSA) is 66.5 Å². The minimum atomic E-state index is -3.39. The molecule has 0 aliphatic heterocycles. The van der Waals surface area contributed by atoms with Crippen LogP contribution in [0.1, 0.15) is 20.1 Å². The van der Waals surface area contributed by atoms with Crippen LogP contribution in [0.25, 0.3) is 0 Å². The zero-order valence-corrected chi connectivity index (χ0v) is 16.5. The Morgan fingerprint density at radius 2 is 1.62 bits per heavy atom. The highest BCUT2D eigenvalue weighted by atomic mass is 32.2. The van der Waals surface area contributed by atoms with Crippen molar-refractivity contribution in [3.8, 4) is 0 Å². The lowest BCUT2D eigenvalue weighted by Gasteiger charge is -2.22. The first-order chi connectivity index (χ1) is 12.4. The number of nitrogens with one attached hydrogen (secondary N) is 1. The summed E-state index contributed by atoms with van der Waals surface area (Å²) in [6.45, 7) is 1.02. The number of thiophene rings is 2. The van der Waals surface area contributed by atoms with Gasteiger partial charge in [-0.2, -0.15) is 0 Å². The Balaban J connectivity index is 1.85. The Morgan fingerprint density at radius 3 is 2.12 bits per heavy atom. The van der Waals surface area contributed by atoms with Gasteiger partial charge in [0.1, 0.15) is 0 Å². The summed E-state index contributed by atoms with van der Waals surface area (Å²) in [7, 11) is -3.39. The van der Waals surface area contributed by atoms with E-state index in [-0.39, 0.29) is 5.91 Å². The van der Waals surface area contributed by atoms with Crippen LogP contribution in [0.2, 0.25) is 0 Å². The van der Waals surface area contributed by atoms with Crippen molar-refractivity contribution in [1.29, 1.82) is 0 Å². The molecule has 0 saturated heterocycles. The zero-order chi connectivity index (χ0) is 18.6. The van der Waals surface area contributed by atoms with E-state index in [1.807, 2.05) is 35.0 Å². The maximum Gasteiger partial charge on any atom is 0.254 e. The van der Waals surface area contributed by atoms with E-state index in [0.29, 0.717) is 24.3 Å². The minimum Gasteiger partial charge on any atom is -0.328 e. The van der Waals surface area contributed by atoms with E-state index in [2.05, 4.69) is 4.72 Å². The van der Waals surface area contributed by atoms with Crippen molar-refractivity contribution in [2.75, 3.05) is 11.0 Å². The van der Waals surface area contributed by atoms with Gasteiger partial charge < -0.3 is 4.90 Å². The average Bonchev–Trinajstić information content (AvgIpc) is 3.26. The largest absolute Gasteiger partial charge is 0.328 e. The first-order valence-corrected chi connectivity index (χ1v) is 11.5. The minimum absolute atomic E-state index is 0.135. The molecule has 5 nitrogen and oxygen atoms in total. The van der Waals surface area contributed by atoms with E-state index < -0.39 is 10.0 Å². The number of benzene rings is 1. The Morgan fingerprint density at radius 1 is 1.00 bits per heavy atom. The van der Waals surface area contributed by atoms with Crippen LogP contribution in [-0.2, 0) is 23.1 Å². The maximum absolute atomic E-state index is 13.1. The second-order valence-corrected chi connectivity index (χ2v) is 9.59. The molecule has 1 N–H and O–H groups in total. The van der Waals surface area contributed by atoms with Crippen LogP contribution >= 0.6 is 22.7 Å². The van der Waals surface area contributed by atoms with Crippen LogP contribution in [0.5, 0.6) is 0 Å². The third-order valence-electron chi connectivity index (χ3n) is 3.55. The number of nitrogens with zero attached hydrogens (tertiary/aromatic N) is 1.